The largest absolute Gasteiger partial charge is 0.508 e. The number of hydrogen-bond acceptors (Lipinski definition) is 2. The van der Waals surface area contributed by atoms with Gasteiger partial charge >= 0.3 is 0 Å². The van der Waals surface area contributed by atoms with Crippen LogP contribution in [-0.2, 0) is 6.54 Å². The van der Waals surface area contributed by atoms with Crippen molar-refractivity contribution in [1.29, 1.82) is 0 Å². The van der Waals surface area contributed by atoms with E-state index in [0.717, 1.165) is 12.5 Å². The molecule has 1 fully saturated rings. The summed E-state index contributed by atoms with van der Waals surface area (Å²) in [6, 6.07) is 7.61. The van der Waals surface area contributed by atoms with Gasteiger partial charge in [-0.2, -0.15) is 0 Å². The standard InChI is InChI=1S/C14H21NO/c1-2-4-12-7-8-15(10-12)11-13-5-3-6-14(16)9-13/h3,5-6,9,12,16H,2,4,7-8,10-11H2,1H3. The number of phenolic OH excluding ortho intramolecular Hbond substituents is 1. The maximum atomic E-state index is 9.40. The third-order valence-electron chi connectivity index (χ3n) is 3.38. The SMILES string of the molecule is CCCC1CCN(Cc2cccc(O)c2)C1. The lowest BCUT2D eigenvalue weighted by Gasteiger charge is -2.16. The summed E-state index contributed by atoms with van der Waals surface area (Å²) in [6.45, 7) is 5.68. The molecule has 2 heteroatoms. The Kier molecular flexibility index (Phi) is 3.83. The normalized spacial score (nSPS) is 21.4. The zero-order chi connectivity index (χ0) is 11.4. The Morgan fingerprint density at radius 2 is 2.31 bits per heavy atom. The van der Waals surface area contributed by atoms with Crippen LogP contribution in [0.25, 0.3) is 0 Å². The lowest BCUT2D eigenvalue weighted by atomic mass is 10.0. The fourth-order valence-electron chi connectivity index (χ4n) is 2.61. The van der Waals surface area contributed by atoms with Crippen molar-refractivity contribution in [2.75, 3.05) is 13.1 Å². The lowest BCUT2D eigenvalue weighted by Crippen LogP contribution is -2.19. The molecule has 2 rings (SSSR count). The van der Waals surface area contributed by atoms with Gasteiger partial charge in [0.25, 0.3) is 0 Å². The molecule has 0 spiro atoms. The third kappa shape index (κ3) is 2.99. The molecule has 1 aromatic rings. The highest BCUT2D eigenvalue weighted by Crippen LogP contribution is 2.23. The predicted octanol–water partition coefficient (Wildman–Crippen LogP) is 3.01. The van der Waals surface area contributed by atoms with Crippen molar-refractivity contribution in [2.45, 2.75) is 32.7 Å². The van der Waals surface area contributed by atoms with Crippen LogP contribution in [0.4, 0.5) is 0 Å². The molecule has 2 nitrogen and oxygen atoms in total. The van der Waals surface area contributed by atoms with E-state index in [4.69, 9.17) is 0 Å². The highest BCUT2D eigenvalue weighted by Gasteiger charge is 2.21. The molecule has 0 aromatic heterocycles. The Morgan fingerprint density at radius 3 is 3.06 bits per heavy atom. The average molecular weight is 219 g/mol. The van der Waals surface area contributed by atoms with Crippen LogP contribution in [0.1, 0.15) is 31.7 Å². The van der Waals surface area contributed by atoms with Crippen LogP contribution in [0.2, 0.25) is 0 Å². The molecule has 0 bridgehead atoms. The minimum absolute atomic E-state index is 0.377. The van der Waals surface area contributed by atoms with Gasteiger partial charge < -0.3 is 5.11 Å². The van der Waals surface area contributed by atoms with Gasteiger partial charge in [-0.15, -0.1) is 0 Å². The number of phenols is 1. The van der Waals surface area contributed by atoms with Gasteiger partial charge in [0.05, 0.1) is 0 Å². The second kappa shape index (κ2) is 5.35. The molecule has 16 heavy (non-hydrogen) atoms. The van der Waals surface area contributed by atoms with Gasteiger partial charge in [-0.1, -0.05) is 25.5 Å². The summed E-state index contributed by atoms with van der Waals surface area (Å²) in [6.07, 6.45) is 3.99. The molecule has 1 saturated heterocycles. The molecule has 1 aromatic carbocycles. The molecule has 1 aliphatic heterocycles. The van der Waals surface area contributed by atoms with Crippen molar-refractivity contribution in [3.8, 4) is 5.75 Å². The first-order chi connectivity index (χ1) is 7.78. The van der Waals surface area contributed by atoms with E-state index >= 15 is 0 Å². The van der Waals surface area contributed by atoms with E-state index in [0.29, 0.717) is 5.75 Å². The molecule has 1 atom stereocenters. The van der Waals surface area contributed by atoms with E-state index in [2.05, 4.69) is 17.9 Å². The van der Waals surface area contributed by atoms with Gasteiger partial charge in [-0.05, 0) is 43.0 Å². The summed E-state index contributed by atoms with van der Waals surface area (Å²) in [5.41, 5.74) is 1.22. The van der Waals surface area contributed by atoms with Crippen LogP contribution < -0.4 is 0 Å². The van der Waals surface area contributed by atoms with Crippen molar-refractivity contribution >= 4 is 0 Å². The summed E-state index contributed by atoms with van der Waals surface area (Å²) < 4.78 is 0. The smallest absolute Gasteiger partial charge is 0.115 e. The molecule has 1 N–H and O–H groups in total. The molecule has 0 saturated carbocycles. The average Bonchev–Trinajstić information content (AvgIpc) is 2.66. The van der Waals surface area contributed by atoms with E-state index < -0.39 is 0 Å². The molecule has 88 valence electrons. The first-order valence-electron chi connectivity index (χ1n) is 6.28. The molecule has 1 aliphatic rings. The summed E-state index contributed by atoms with van der Waals surface area (Å²) in [5.74, 6) is 1.27. The number of nitrogens with zero attached hydrogens (tertiary/aromatic N) is 1. The topological polar surface area (TPSA) is 23.5 Å². The second-order valence-corrected chi connectivity index (χ2v) is 4.85. The first-order valence-corrected chi connectivity index (χ1v) is 6.28. The number of aromatic hydroxyl groups is 1. The Balaban J connectivity index is 1.87. The van der Waals surface area contributed by atoms with Gasteiger partial charge in [-0.3, -0.25) is 4.90 Å². The van der Waals surface area contributed by atoms with E-state index in [1.807, 2.05) is 12.1 Å². The Hall–Kier alpha value is -1.02. The zero-order valence-electron chi connectivity index (χ0n) is 10.0. The highest BCUT2D eigenvalue weighted by molar-refractivity contribution is 5.27. The molecule has 1 heterocycles. The van der Waals surface area contributed by atoms with Crippen LogP contribution in [0.3, 0.4) is 0 Å². The van der Waals surface area contributed by atoms with Crippen LogP contribution in [0.15, 0.2) is 24.3 Å². The molecule has 0 amide bonds. The monoisotopic (exact) mass is 219 g/mol. The maximum absolute atomic E-state index is 9.40. The fourth-order valence-corrected chi connectivity index (χ4v) is 2.61. The summed E-state index contributed by atoms with van der Waals surface area (Å²) in [5, 5.41) is 9.40. The minimum Gasteiger partial charge on any atom is -0.508 e. The lowest BCUT2D eigenvalue weighted by molar-refractivity contribution is 0.312. The molecule has 0 aliphatic carbocycles. The van der Waals surface area contributed by atoms with Crippen LogP contribution in [0, 0.1) is 5.92 Å². The van der Waals surface area contributed by atoms with Crippen LogP contribution in [0.5, 0.6) is 5.75 Å². The molecular formula is C14H21NO. The van der Waals surface area contributed by atoms with Gasteiger partial charge in [0.1, 0.15) is 5.75 Å². The Labute approximate surface area is 97.9 Å². The van der Waals surface area contributed by atoms with Crippen molar-refractivity contribution in [3.63, 3.8) is 0 Å². The first kappa shape index (κ1) is 11.5. The quantitative estimate of drug-likeness (QED) is 0.841. The van der Waals surface area contributed by atoms with E-state index in [1.165, 1.54) is 37.9 Å². The number of benzene rings is 1. The van der Waals surface area contributed by atoms with Gasteiger partial charge in [0, 0.05) is 13.1 Å². The summed E-state index contributed by atoms with van der Waals surface area (Å²) >= 11 is 0. The zero-order valence-corrected chi connectivity index (χ0v) is 10.0. The third-order valence-corrected chi connectivity index (χ3v) is 3.38. The van der Waals surface area contributed by atoms with Crippen molar-refractivity contribution in [1.82, 2.24) is 4.90 Å². The second-order valence-electron chi connectivity index (χ2n) is 4.85. The van der Waals surface area contributed by atoms with Crippen molar-refractivity contribution in [3.05, 3.63) is 29.8 Å². The van der Waals surface area contributed by atoms with Crippen LogP contribution in [-0.4, -0.2) is 23.1 Å². The van der Waals surface area contributed by atoms with Gasteiger partial charge in [0.2, 0.25) is 0 Å². The number of likely N-dealkylation sites (tertiary alicyclic amines) is 1. The van der Waals surface area contributed by atoms with Crippen molar-refractivity contribution < 1.29 is 5.11 Å². The highest BCUT2D eigenvalue weighted by atomic mass is 16.3. The summed E-state index contributed by atoms with van der Waals surface area (Å²) in [7, 11) is 0. The molecule has 1 unspecified atom stereocenters. The minimum atomic E-state index is 0.377. The van der Waals surface area contributed by atoms with Gasteiger partial charge in [0.15, 0.2) is 0 Å². The Morgan fingerprint density at radius 1 is 1.44 bits per heavy atom. The maximum Gasteiger partial charge on any atom is 0.115 e. The molecule has 0 radical (unpaired) electrons. The number of hydrogen-bond donors (Lipinski definition) is 1. The van der Waals surface area contributed by atoms with E-state index in [-0.39, 0.29) is 0 Å². The summed E-state index contributed by atoms with van der Waals surface area (Å²) in [4.78, 5) is 2.50. The van der Waals surface area contributed by atoms with E-state index in [1.54, 1.807) is 6.07 Å². The predicted molar refractivity (Wildman–Crippen MR) is 66.4 cm³/mol. The fraction of sp³-hybridized carbons (Fsp3) is 0.571. The van der Waals surface area contributed by atoms with Crippen molar-refractivity contribution in [2.24, 2.45) is 5.92 Å². The van der Waals surface area contributed by atoms with E-state index in [9.17, 15) is 5.11 Å². The molecular weight excluding hydrogens is 198 g/mol. The number of rotatable bonds is 4. The van der Waals surface area contributed by atoms with Gasteiger partial charge in [-0.25, -0.2) is 0 Å². The van der Waals surface area contributed by atoms with Crippen LogP contribution >= 0.6 is 0 Å². The Bertz CT molecular complexity index is 337.